The van der Waals surface area contributed by atoms with Crippen LogP contribution in [-0.4, -0.2) is 55.3 Å². The molecule has 8 heteroatoms. The Morgan fingerprint density at radius 2 is 2.15 bits per heavy atom. The van der Waals surface area contributed by atoms with Crippen molar-refractivity contribution in [1.29, 1.82) is 0 Å². The number of amides is 1. The third-order valence-corrected chi connectivity index (χ3v) is 3.30. The summed E-state index contributed by atoms with van der Waals surface area (Å²) in [5.74, 6) is 1.05. The van der Waals surface area contributed by atoms with Gasteiger partial charge in [0.15, 0.2) is 5.82 Å². The van der Waals surface area contributed by atoms with Gasteiger partial charge in [-0.25, -0.2) is 15.0 Å². The second-order valence-electron chi connectivity index (χ2n) is 4.50. The van der Waals surface area contributed by atoms with Crippen LogP contribution in [0.2, 0.25) is 0 Å². The average molecular weight is 274 g/mol. The molecule has 1 unspecified atom stereocenters. The Kier molecular flexibility index (Phi) is 3.38. The monoisotopic (exact) mass is 274 g/mol. The summed E-state index contributed by atoms with van der Waals surface area (Å²) < 4.78 is 6.67. The van der Waals surface area contributed by atoms with Crippen molar-refractivity contribution in [2.24, 2.45) is 0 Å². The summed E-state index contributed by atoms with van der Waals surface area (Å²) in [6, 6.07) is 1.59. The van der Waals surface area contributed by atoms with E-state index in [0.29, 0.717) is 25.0 Å². The van der Waals surface area contributed by atoms with Crippen LogP contribution in [0.3, 0.4) is 0 Å². The largest absolute Gasteiger partial charge is 0.377 e. The first kappa shape index (κ1) is 12.7. The van der Waals surface area contributed by atoms with Crippen LogP contribution in [0.25, 0.3) is 5.95 Å². The lowest BCUT2D eigenvalue weighted by molar-refractivity contribution is -0.135. The number of carbonyl (C=O) groups is 1. The normalized spacial score (nSPS) is 16.4. The zero-order valence-corrected chi connectivity index (χ0v) is 11.0. The van der Waals surface area contributed by atoms with E-state index in [-0.39, 0.29) is 12.1 Å². The minimum atomic E-state index is -0.229. The molecule has 0 radical (unpaired) electrons. The van der Waals surface area contributed by atoms with Gasteiger partial charge in [0.05, 0.1) is 25.3 Å². The molecule has 1 aliphatic rings. The molecule has 1 fully saturated rings. The van der Waals surface area contributed by atoms with E-state index in [2.05, 4.69) is 20.1 Å². The maximum atomic E-state index is 11.3. The fourth-order valence-corrected chi connectivity index (χ4v) is 2.11. The van der Waals surface area contributed by atoms with Crippen molar-refractivity contribution >= 4 is 6.41 Å². The SMILES string of the molecule is CC(c1ncnn1-c1ncccn1)N(C=O)C1COC1. The van der Waals surface area contributed by atoms with E-state index in [1.807, 2.05) is 6.92 Å². The van der Waals surface area contributed by atoms with Crippen molar-refractivity contribution in [3.05, 3.63) is 30.6 Å². The Morgan fingerprint density at radius 1 is 1.40 bits per heavy atom. The van der Waals surface area contributed by atoms with Crippen LogP contribution < -0.4 is 0 Å². The Morgan fingerprint density at radius 3 is 2.75 bits per heavy atom. The van der Waals surface area contributed by atoms with Crippen LogP contribution in [0.1, 0.15) is 18.8 Å². The van der Waals surface area contributed by atoms with Gasteiger partial charge in [-0.15, -0.1) is 0 Å². The fraction of sp³-hybridized carbons (Fsp3) is 0.417. The second kappa shape index (κ2) is 5.33. The highest BCUT2D eigenvalue weighted by Crippen LogP contribution is 2.23. The first-order chi connectivity index (χ1) is 9.81. The summed E-state index contributed by atoms with van der Waals surface area (Å²) in [5.41, 5.74) is 0. The van der Waals surface area contributed by atoms with Crippen molar-refractivity contribution in [3.8, 4) is 5.95 Å². The molecule has 104 valence electrons. The van der Waals surface area contributed by atoms with E-state index in [4.69, 9.17) is 4.74 Å². The summed E-state index contributed by atoms with van der Waals surface area (Å²) in [4.78, 5) is 25.5. The molecular formula is C12H14N6O2. The van der Waals surface area contributed by atoms with E-state index < -0.39 is 0 Å². The quantitative estimate of drug-likeness (QED) is 0.712. The molecule has 1 saturated heterocycles. The van der Waals surface area contributed by atoms with Gasteiger partial charge >= 0.3 is 0 Å². The first-order valence-corrected chi connectivity index (χ1v) is 6.29. The summed E-state index contributed by atoms with van der Waals surface area (Å²) >= 11 is 0. The third-order valence-electron chi connectivity index (χ3n) is 3.30. The standard InChI is InChI=1S/C12H14N6O2/c1-9(17(8-19)10-5-20-6-10)11-15-7-16-18(11)12-13-3-2-4-14-12/h2-4,7-10H,5-6H2,1H3. The van der Waals surface area contributed by atoms with Gasteiger partial charge < -0.3 is 9.64 Å². The van der Waals surface area contributed by atoms with Gasteiger partial charge in [-0.2, -0.15) is 9.78 Å². The van der Waals surface area contributed by atoms with Crippen LogP contribution in [0.15, 0.2) is 24.8 Å². The van der Waals surface area contributed by atoms with E-state index >= 15 is 0 Å². The molecule has 3 rings (SSSR count). The Hall–Kier alpha value is -2.35. The van der Waals surface area contributed by atoms with Gasteiger partial charge in [0.25, 0.3) is 5.95 Å². The molecule has 0 aromatic carbocycles. The smallest absolute Gasteiger partial charge is 0.252 e. The van der Waals surface area contributed by atoms with E-state index in [9.17, 15) is 4.79 Å². The highest BCUT2D eigenvalue weighted by molar-refractivity contribution is 5.49. The third kappa shape index (κ3) is 2.14. The number of nitrogens with zero attached hydrogens (tertiary/aromatic N) is 6. The number of rotatable bonds is 5. The maximum Gasteiger partial charge on any atom is 0.252 e. The lowest BCUT2D eigenvalue weighted by atomic mass is 10.1. The predicted molar refractivity (Wildman–Crippen MR) is 67.9 cm³/mol. The molecular weight excluding hydrogens is 260 g/mol. The van der Waals surface area contributed by atoms with Gasteiger partial charge in [0.2, 0.25) is 6.41 Å². The molecule has 0 bridgehead atoms. The molecule has 0 saturated carbocycles. The summed E-state index contributed by atoms with van der Waals surface area (Å²) in [6.07, 6.45) is 5.52. The Labute approximate surface area is 115 Å². The summed E-state index contributed by atoms with van der Waals surface area (Å²) in [6.45, 7) is 3.01. The molecule has 3 heterocycles. The van der Waals surface area contributed by atoms with Crippen molar-refractivity contribution in [2.75, 3.05) is 13.2 Å². The van der Waals surface area contributed by atoms with E-state index in [1.165, 1.54) is 6.33 Å². The molecule has 1 aliphatic heterocycles. The molecule has 0 aliphatic carbocycles. The number of hydrogen-bond acceptors (Lipinski definition) is 6. The minimum absolute atomic E-state index is 0.0874. The van der Waals surface area contributed by atoms with Gasteiger partial charge in [0, 0.05) is 12.4 Å². The molecule has 8 nitrogen and oxygen atoms in total. The number of aromatic nitrogens is 5. The van der Waals surface area contributed by atoms with Gasteiger partial charge in [0.1, 0.15) is 6.33 Å². The van der Waals surface area contributed by atoms with Gasteiger partial charge in [-0.3, -0.25) is 4.79 Å². The van der Waals surface area contributed by atoms with Crippen LogP contribution in [0.4, 0.5) is 0 Å². The topological polar surface area (TPSA) is 86.0 Å². The summed E-state index contributed by atoms with van der Waals surface area (Å²) in [7, 11) is 0. The minimum Gasteiger partial charge on any atom is -0.377 e. The first-order valence-electron chi connectivity index (χ1n) is 6.29. The highest BCUT2D eigenvalue weighted by Gasteiger charge is 2.31. The van der Waals surface area contributed by atoms with Crippen molar-refractivity contribution in [3.63, 3.8) is 0 Å². The van der Waals surface area contributed by atoms with Gasteiger partial charge in [-0.05, 0) is 13.0 Å². The molecule has 20 heavy (non-hydrogen) atoms. The molecule has 2 aromatic heterocycles. The van der Waals surface area contributed by atoms with Crippen molar-refractivity contribution in [1.82, 2.24) is 29.6 Å². The van der Waals surface area contributed by atoms with Crippen LogP contribution in [-0.2, 0) is 9.53 Å². The van der Waals surface area contributed by atoms with E-state index in [1.54, 1.807) is 28.0 Å². The van der Waals surface area contributed by atoms with E-state index in [0.717, 1.165) is 6.41 Å². The lowest BCUT2D eigenvalue weighted by Gasteiger charge is -2.37. The molecule has 2 aromatic rings. The second-order valence-corrected chi connectivity index (χ2v) is 4.50. The maximum absolute atomic E-state index is 11.3. The lowest BCUT2D eigenvalue weighted by Crippen LogP contribution is -2.49. The fourth-order valence-electron chi connectivity index (χ4n) is 2.11. The number of ether oxygens (including phenoxy) is 1. The zero-order chi connectivity index (χ0) is 13.9. The van der Waals surface area contributed by atoms with Crippen LogP contribution in [0, 0.1) is 0 Å². The predicted octanol–water partition coefficient (Wildman–Crippen LogP) is -0.0245. The summed E-state index contributed by atoms with van der Waals surface area (Å²) in [5, 5.41) is 4.13. The zero-order valence-electron chi connectivity index (χ0n) is 11.0. The van der Waals surface area contributed by atoms with Crippen LogP contribution in [0.5, 0.6) is 0 Å². The molecule has 0 N–H and O–H groups in total. The Balaban J connectivity index is 1.90. The number of carbonyl (C=O) groups excluding carboxylic acids is 1. The van der Waals surface area contributed by atoms with Crippen molar-refractivity contribution < 1.29 is 9.53 Å². The Bertz CT molecular complexity index is 583. The van der Waals surface area contributed by atoms with Crippen LogP contribution >= 0.6 is 0 Å². The molecule has 0 spiro atoms. The number of hydrogen-bond donors (Lipinski definition) is 0. The molecule has 1 amide bonds. The van der Waals surface area contributed by atoms with Crippen molar-refractivity contribution in [2.45, 2.75) is 19.0 Å². The van der Waals surface area contributed by atoms with Gasteiger partial charge in [-0.1, -0.05) is 0 Å². The average Bonchev–Trinajstić information content (AvgIpc) is 2.92. The highest BCUT2D eigenvalue weighted by atomic mass is 16.5. The molecule has 1 atom stereocenters.